The fraction of sp³-hybridized carbons (Fsp3) is 0.615. The summed E-state index contributed by atoms with van der Waals surface area (Å²) in [5.41, 5.74) is 8.37. The lowest BCUT2D eigenvalue weighted by Gasteiger charge is -2.10. The summed E-state index contributed by atoms with van der Waals surface area (Å²) in [4.78, 5) is 4.35. The normalized spacial score (nSPS) is 21.8. The van der Waals surface area contributed by atoms with Gasteiger partial charge in [0.05, 0.1) is 5.69 Å². The summed E-state index contributed by atoms with van der Waals surface area (Å²) in [5.74, 6) is 0.814. The Balaban J connectivity index is 2.18. The molecule has 3 nitrogen and oxygen atoms in total. The number of aryl methyl sites for hydroxylation is 1. The van der Waals surface area contributed by atoms with E-state index in [1.54, 1.807) is 0 Å². The van der Waals surface area contributed by atoms with Gasteiger partial charge in [0, 0.05) is 12.2 Å². The first-order valence-corrected chi connectivity index (χ1v) is 5.75. The van der Waals surface area contributed by atoms with E-state index in [1.165, 1.54) is 0 Å². The van der Waals surface area contributed by atoms with Gasteiger partial charge in [0.1, 0.15) is 5.82 Å². The van der Waals surface area contributed by atoms with Crippen LogP contribution in [-0.2, 0) is 0 Å². The van der Waals surface area contributed by atoms with Crippen LogP contribution in [0, 0.1) is 17.8 Å². The summed E-state index contributed by atoms with van der Waals surface area (Å²) in [6.07, 6.45) is 1.85. The minimum absolute atomic E-state index is 0.298. The first-order valence-electron chi connectivity index (χ1n) is 5.75. The Morgan fingerprint density at radius 3 is 2.25 bits per heavy atom. The molecule has 0 radical (unpaired) electrons. The summed E-state index contributed by atoms with van der Waals surface area (Å²) in [5, 5.41) is 3.46. The molecule has 2 rings (SSSR count). The zero-order chi connectivity index (χ0) is 12.1. The van der Waals surface area contributed by atoms with Crippen molar-refractivity contribution in [2.24, 2.45) is 10.8 Å². The van der Waals surface area contributed by atoms with Gasteiger partial charge >= 0.3 is 0 Å². The monoisotopic (exact) mass is 219 g/mol. The predicted octanol–water partition coefficient (Wildman–Crippen LogP) is 2.82. The summed E-state index contributed by atoms with van der Waals surface area (Å²) in [7, 11) is 0. The maximum absolute atomic E-state index is 5.95. The maximum atomic E-state index is 5.95. The fourth-order valence-corrected chi connectivity index (χ4v) is 2.41. The highest BCUT2D eigenvalue weighted by molar-refractivity contribution is 5.63. The molecule has 3 N–H and O–H groups in total. The van der Waals surface area contributed by atoms with Gasteiger partial charge in [-0.05, 0) is 29.4 Å². The van der Waals surface area contributed by atoms with E-state index in [2.05, 4.69) is 38.0 Å². The molecule has 0 saturated heterocycles. The number of rotatable bonds is 2. The minimum Gasteiger partial charge on any atom is -0.396 e. The van der Waals surface area contributed by atoms with Crippen LogP contribution < -0.4 is 11.1 Å². The molecule has 1 aromatic heterocycles. The summed E-state index contributed by atoms with van der Waals surface area (Å²) in [6, 6.07) is 2.40. The number of anilines is 2. The van der Waals surface area contributed by atoms with E-state index in [0.717, 1.165) is 17.1 Å². The smallest absolute Gasteiger partial charge is 0.149 e. The lowest BCUT2D eigenvalue weighted by atomic mass is 10.0. The van der Waals surface area contributed by atoms with Crippen molar-refractivity contribution < 1.29 is 0 Å². The Morgan fingerprint density at radius 2 is 1.81 bits per heavy atom. The third-order valence-electron chi connectivity index (χ3n) is 4.36. The highest BCUT2D eigenvalue weighted by Gasteiger charge is 2.65. The first-order chi connectivity index (χ1) is 7.26. The topological polar surface area (TPSA) is 50.9 Å². The van der Waals surface area contributed by atoms with Gasteiger partial charge in [-0.3, -0.25) is 0 Å². The number of pyridine rings is 1. The van der Waals surface area contributed by atoms with Gasteiger partial charge in [-0.15, -0.1) is 0 Å². The van der Waals surface area contributed by atoms with E-state index in [0.29, 0.717) is 16.9 Å². The molecule has 1 heterocycles. The van der Waals surface area contributed by atoms with Crippen molar-refractivity contribution >= 4 is 11.5 Å². The molecular weight excluding hydrogens is 198 g/mol. The van der Waals surface area contributed by atoms with Crippen molar-refractivity contribution in [3.8, 4) is 0 Å². The van der Waals surface area contributed by atoms with E-state index in [-0.39, 0.29) is 0 Å². The summed E-state index contributed by atoms with van der Waals surface area (Å²) >= 11 is 0. The molecule has 1 fully saturated rings. The van der Waals surface area contributed by atoms with Gasteiger partial charge in [-0.25, -0.2) is 4.98 Å². The molecule has 88 valence electrons. The third-order valence-corrected chi connectivity index (χ3v) is 4.36. The molecule has 0 atom stereocenters. The maximum Gasteiger partial charge on any atom is 0.149 e. The number of nitrogens with two attached hydrogens (primary N) is 1. The zero-order valence-electron chi connectivity index (χ0n) is 10.8. The minimum atomic E-state index is 0.298. The molecule has 1 aromatic rings. The van der Waals surface area contributed by atoms with Gasteiger partial charge in [0.2, 0.25) is 0 Å². The largest absolute Gasteiger partial charge is 0.396 e. The molecule has 1 aliphatic rings. The van der Waals surface area contributed by atoms with Crippen LogP contribution >= 0.6 is 0 Å². The number of hydrogen-bond donors (Lipinski definition) is 2. The molecule has 0 spiro atoms. The lowest BCUT2D eigenvalue weighted by molar-refractivity contribution is 0.457. The highest BCUT2D eigenvalue weighted by atomic mass is 15.1. The number of nitrogens with zero attached hydrogens (tertiary/aromatic N) is 1. The third kappa shape index (κ3) is 1.46. The summed E-state index contributed by atoms with van der Waals surface area (Å²) < 4.78 is 0. The van der Waals surface area contributed by atoms with Crippen molar-refractivity contribution in [3.05, 3.63) is 17.8 Å². The van der Waals surface area contributed by atoms with E-state index in [9.17, 15) is 0 Å². The van der Waals surface area contributed by atoms with Crippen LogP contribution in [0.15, 0.2) is 12.3 Å². The van der Waals surface area contributed by atoms with Gasteiger partial charge in [0.25, 0.3) is 0 Å². The lowest BCUT2D eigenvalue weighted by Crippen LogP contribution is -2.13. The van der Waals surface area contributed by atoms with Gasteiger partial charge in [-0.2, -0.15) is 0 Å². The summed E-state index contributed by atoms with van der Waals surface area (Å²) in [6.45, 7) is 11.1. The SMILES string of the molecule is Cc1cnc(NC2C(C)(C)C2(C)C)c(N)c1. The zero-order valence-corrected chi connectivity index (χ0v) is 10.8. The van der Waals surface area contributed by atoms with E-state index in [4.69, 9.17) is 5.73 Å². The van der Waals surface area contributed by atoms with Crippen LogP contribution in [0.2, 0.25) is 0 Å². The van der Waals surface area contributed by atoms with Crippen LogP contribution in [0.25, 0.3) is 0 Å². The Hall–Kier alpha value is -1.25. The number of nitrogen functional groups attached to an aromatic ring is 1. The van der Waals surface area contributed by atoms with Crippen molar-refractivity contribution in [2.75, 3.05) is 11.1 Å². The molecule has 0 aliphatic heterocycles. The predicted molar refractivity (Wildman–Crippen MR) is 68.4 cm³/mol. The van der Waals surface area contributed by atoms with Crippen LogP contribution in [0.1, 0.15) is 33.3 Å². The number of nitrogens with one attached hydrogen (secondary N) is 1. The van der Waals surface area contributed by atoms with E-state index >= 15 is 0 Å². The van der Waals surface area contributed by atoms with Gasteiger partial charge in [0.15, 0.2) is 0 Å². The quantitative estimate of drug-likeness (QED) is 0.804. The van der Waals surface area contributed by atoms with Crippen molar-refractivity contribution in [2.45, 2.75) is 40.7 Å². The van der Waals surface area contributed by atoms with Crippen molar-refractivity contribution in [1.82, 2.24) is 4.98 Å². The van der Waals surface area contributed by atoms with Gasteiger partial charge < -0.3 is 11.1 Å². The van der Waals surface area contributed by atoms with E-state index < -0.39 is 0 Å². The second-order valence-corrected chi connectivity index (χ2v) is 5.97. The van der Waals surface area contributed by atoms with Crippen molar-refractivity contribution in [3.63, 3.8) is 0 Å². The Kier molecular flexibility index (Phi) is 2.19. The van der Waals surface area contributed by atoms with E-state index in [1.807, 2.05) is 19.2 Å². The molecular formula is C13H21N3. The van der Waals surface area contributed by atoms with Crippen LogP contribution in [-0.4, -0.2) is 11.0 Å². The average molecular weight is 219 g/mol. The van der Waals surface area contributed by atoms with Gasteiger partial charge in [-0.1, -0.05) is 27.7 Å². The second kappa shape index (κ2) is 3.12. The molecule has 0 bridgehead atoms. The Bertz CT molecular complexity index is 407. The van der Waals surface area contributed by atoms with Crippen molar-refractivity contribution in [1.29, 1.82) is 0 Å². The van der Waals surface area contributed by atoms with Crippen LogP contribution in [0.4, 0.5) is 11.5 Å². The molecule has 1 aliphatic carbocycles. The molecule has 0 aromatic carbocycles. The van der Waals surface area contributed by atoms with Crippen LogP contribution in [0.3, 0.4) is 0 Å². The molecule has 16 heavy (non-hydrogen) atoms. The average Bonchev–Trinajstić information content (AvgIpc) is 2.52. The first kappa shape index (κ1) is 11.2. The molecule has 3 heteroatoms. The standard InChI is InChI=1S/C13H21N3/c1-8-6-9(14)10(15-7-8)16-11-12(2,3)13(11,4)5/h6-7,11H,14H2,1-5H3,(H,15,16). The molecule has 0 amide bonds. The highest BCUT2D eigenvalue weighted by Crippen LogP contribution is 2.63. The Morgan fingerprint density at radius 1 is 1.25 bits per heavy atom. The fourth-order valence-electron chi connectivity index (χ4n) is 2.41. The molecule has 0 unspecified atom stereocenters. The second-order valence-electron chi connectivity index (χ2n) is 5.97. The Labute approximate surface area is 97.5 Å². The number of aromatic nitrogens is 1. The number of hydrogen-bond acceptors (Lipinski definition) is 3. The molecule has 1 saturated carbocycles. The van der Waals surface area contributed by atoms with Crippen LogP contribution in [0.5, 0.6) is 0 Å².